The number of amides is 1. The smallest absolute Gasteiger partial charge is 0.303 e. The lowest BCUT2D eigenvalue weighted by Gasteiger charge is -2.38. The Morgan fingerprint density at radius 3 is 2.36 bits per heavy atom. The van der Waals surface area contributed by atoms with Crippen LogP contribution in [-0.4, -0.2) is 43.0 Å². The molecular formula is C17H23NO6S. The molecule has 0 atom stereocenters. The van der Waals surface area contributed by atoms with E-state index < -0.39 is 26.5 Å². The molecule has 0 bridgehead atoms. The number of ether oxygens (including phenoxy) is 1. The van der Waals surface area contributed by atoms with Crippen LogP contribution in [0.1, 0.15) is 37.7 Å². The van der Waals surface area contributed by atoms with Crippen LogP contribution in [0.15, 0.2) is 24.3 Å². The highest BCUT2D eigenvalue weighted by molar-refractivity contribution is 7.93. The average Bonchev–Trinajstić information content (AvgIpc) is 2.48. The molecule has 25 heavy (non-hydrogen) atoms. The van der Waals surface area contributed by atoms with Gasteiger partial charge in [0.2, 0.25) is 5.91 Å². The molecule has 0 saturated heterocycles. The van der Waals surface area contributed by atoms with Crippen molar-refractivity contribution >= 4 is 21.7 Å². The zero-order valence-electron chi connectivity index (χ0n) is 14.2. The summed E-state index contributed by atoms with van der Waals surface area (Å²) in [6.07, 6.45) is 3.10. The Bertz CT molecular complexity index is 722. The number of carbonyl (C=O) groups excluding carboxylic acids is 1. The number of hydrogen-bond donors (Lipinski definition) is 2. The van der Waals surface area contributed by atoms with Gasteiger partial charge in [-0.3, -0.25) is 9.59 Å². The Labute approximate surface area is 147 Å². The Balaban J connectivity index is 1.83. The summed E-state index contributed by atoms with van der Waals surface area (Å²) < 4.78 is 27.9. The summed E-state index contributed by atoms with van der Waals surface area (Å²) >= 11 is 0. The van der Waals surface area contributed by atoms with E-state index in [9.17, 15) is 18.0 Å². The standard InChI is InChI=1S/C17H23NO6S/c1-25(22,23)17(9-3-10-17)16(21)18-12-13-5-7-14(8-6-13)24-11-2-4-15(19)20/h5-8H,2-4,9-12H2,1H3,(H,18,21)(H,19,20). The van der Waals surface area contributed by atoms with Crippen LogP contribution in [0.3, 0.4) is 0 Å². The Kier molecular flexibility index (Phi) is 6.05. The fourth-order valence-corrected chi connectivity index (χ4v) is 4.16. The SMILES string of the molecule is CS(=O)(=O)C1(C(=O)NCc2ccc(OCCCC(=O)O)cc2)CCC1. The van der Waals surface area contributed by atoms with Crippen LogP contribution < -0.4 is 10.1 Å². The first kappa shape index (κ1) is 19.2. The molecule has 0 radical (unpaired) electrons. The van der Waals surface area contributed by atoms with Gasteiger partial charge in [0.1, 0.15) is 10.5 Å². The normalized spacial score (nSPS) is 15.9. The maximum Gasteiger partial charge on any atom is 0.303 e. The first-order chi connectivity index (χ1) is 11.7. The molecule has 0 aliphatic heterocycles. The molecule has 0 heterocycles. The number of hydrogen-bond acceptors (Lipinski definition) is 5. The molecule has 0 unspecified atom stereocenters. The molecule has 1 amide bonds. The second kappa shape index (κ2) is 7.86. The van der Waals surface area contributed by atoms with Crippen molar-refractivity contribution < 1.29 is 27.9 Å². The van der Waals surface area contributed by atoms with Gasteiger partial charge in [-0.15, -0.1) is 0 Å². The Morgan fingerprint density at radius 1 is 1.24 bits per heavy atom. The average molecular weight is 369 g/mol. The van der Waals surface area contributed by atoms with Crippen LogP contribution >= 0.6 is 0 Å². The van der Waals surface area contributed by atoms with Crippen molar-refractivity contribution in [3.63, 3.8) is 0 Å². The Hall–Kier alpha value is -2.09. The minimum atomic E-state index is -3.43. The molecule has 2 rings (SSSR count). The lowest BCUT2D eigenvalue weighted by molar-refractivity contribution is -0.137. The zero-order valence-corrected chi connectivity index (χ0v) is 15.0. The number of benzene rings is 1. The van der Waals surface area contributed by atoms with Crippen molar-refractivity contribution in [1.82, 2.24) is 5.32 Å². The van der Waals surface area contributed by atoms with Gasteiger partial charge in [-0.1, -0.05) is 12.1 Å². The quantitative estimate of drug-likeness (QED) is 0.639. The molecule has 8 heteroatoms. The Morgan fingerprint density at radius 2 is 1.88 bits per heavy atom. The number of carbonyl (C=O) groups is 2. The molecule has 0 spiro atoms. The van der Waals surface area contributed by atoms with E-state index >= 15 is 0 Å². The van der Waals surface area contributed by atoms with Crippen molar-refractivity contribution in [2.45, 2.75) is 43.4 Å². The molecule has 7 nitrogen and oxygen atoms in total. The fourth-order valence-electron chi connectivity index (χ4n) is 2.72. The first-order valence-corrected chi connectivity index (χ1v) is 10.1. The van der Waals surface area contributed by atoms with Crippen molar-refractivity contribution in [3.05, 3.63) is 29.8 Å². The van der Waals surface area contributed by atoms with E-state index in [0.29, 0.717) is 31.6 Å². The molecule has 1 aliphatic rings. The van der Waals surface area contributed by atoms with Crippen molar-refractivity contribution in [1.29, 1.82) is 0 Å². The van der Waals surface area contributed by atoms with Crippen LogP contribution in [0.2, 0.25) is 0 Å². The largest absolute Gasteiger partial charge is 0.494 e. The van der Waals surface area contributed by atoms with E-state index in [1.807, 2.05) is 0 Å². The van der Waals surface area contributed by atoms with Gasteiger partial charge >= 0.3 is 5.97 Å². The van der Waals surface area contributed by atoms with Crippen LogP contribution in [0, 0.1) is 0 Å². The minimum Gasteiger partial charge on any atom is -0.494 e. The number of aliphatic carboxylic acids is 1. The van der Waals surface area contributed by atoms with Gasteiger partial charge in [0, 0.05) is 19.2 Å². The lowest BCUT2D eigenvalue weighted by atomic mass is 9.83. The third-order valence-corrected chi connectivity index (χ3v) is 6.48. The van der Waals surface area contributed by atoms with Crippen molar-refractivity contribution in [2.24, 2.45) is 0 Å². The molecule has 1 saturated carbocycles. The molecule has 1 aromatic rings. The van der Waals surface area contributed by atoms with Gasteiger partial charge in [0.15, 0.2) is 9.84 Å². The van der Waals surface area contributed by atoms with Gasteiger partial charge in [-0.25, -0.2) is 8.42 Å². The third-order valence-electron chi connectivity index (χ3n) is 4.46. The summed E-state index contributed by atoms with van der Waals surface area (Å²) in [6.45, 7) is 0.564. The summed E-state index contributed by atoms with van der Waals surface area (Å²) in [5.41, 5.74) is 0.828. The van der Waals surface area contributed by atoms with Crippen molar-refractivity contribution in [2.75, 3.05) is 12.9 Å². The highest BCUT2D eigenvalue weighted by atomic mass is 32.2. The highest BCUT2D eigenvalue weighted by Gasteiger charge is 2.52. The number of rotatable bonds is 9. The second-order valence-electron chi connectivity index (χ2n) is 6.29. The molecule has 1 fully saturated rings. The van der Waals surface area contributed by atoms with E-state index in [1.54, 1.807) is 24.3 Å². The van der Waals surface area contributed by atoms with Crippen molar-refractivity contribution in [3.8, 4) is 5.75 Å². The topological polar surface area (TPSA) is 110 Å². The maximum atomic E-state index is 12.3. The lowest BCUT2D eigenvalue weighted by Crippen LogP contribution is -2.56. The van der Waals surface area contributed by atoms with Crippen LogP contribution in [0.5, 0.6) is 5.75 Å². The number of nitrogens with one attached hydrogen (secondary N) is 1. The monoisotopic (exact) mass is 369 g/mol. The van der Waals surface area contributed by atoms with Gasteiger partial charge in [-0.05, 0) is 43.4 Å². The van der Waals surface area contributed by atoms with Gasteiger partial charge in [-0.2, -0.15) is 0 Å². The maximum absolute atomic E-state index is 12.3. The molecule has 1 aromatic carbocycles. The van der Waals surface area contributed by atoms with Crippen LogP contribution in [-0.2, 0) is 26.0 Å². The second-order valence-corrected chi connectivity index (χ2v) is 8.62. The van der Waals surface area contributed by atoms with Crippen LogP contribution in [0.25, 0.3) is 0 Å². The summed E-state index contributed by atoms with van der Waals surface area (Å²) in [6, 6.07) is 7.03. The summed E-state index contributed by atoms with van der Waals surface area (Å²) in [5.74, 6) is -0.671. The highest BCUT2D eigenvalue weighted by Crippen LogP contribution is 2.39. The van der Waals surface area contributed by atoms with Gasteiger partial charge < -0.3 is 15.2 Å². The minimum absolute atomic E-state index is 0.0617. The summed E-state index contributed by atoms with van der Waals surface area (Å²) in [5, 5.41) is 11.3. The summed E-state index contributed by atoms with van der Waals surface area (Å²) in [4.78, 5) is 22.7. The van der Waals surface area contributed by atoms with E-state index in [1.165, 1.54) is 0 Å². The number of sulfone groups is 1. The molecule has 2 N–H and O–H groups in total. The van der Waals surface area contributed by atoms with E-state index in [2.05, 4.69) is 5.32 Å². The molecular weight excluding hydrogens is 346 g/mol. The molecule has 1 aliphatic carbocycles. The molecule has 138 valence electrons. The third kappa shape index (κ3) is 4.72. The predicted octanol–water partition coefficient (Wildman–Crippen LogP) is 1.51. The fraction of sp³-hybridized carbons (Fsp3) is 0.529. The van der Waals surface area contributed by atoms with E-state index in [0.717, 1.165) is 18.2 Å². The first-order valence-electron chi connectivity index (χ1n) is 8.16. The number of carboxylic acid groups (broad SMARTS) is 1. The molecule has 0 aromatic heterocycles. The zero-order chi connectivity index (χ0) is 18.5. The summed E-state index contributed by atoms with van der Waals surface area (Å²) in [7, 11) is -3.43. The van der Waals surface area contributed by atoms with Crippen LogP contribution in [0.4, 0.5) is 0 Å². The van der Waals surface area contributed by atoms with E-state index in [-0.39, 0.29) is 13.0 Å². The van der Waals surface area contributed by atoms with E-state index in [4.69, 9.17) is 9.84 Å². The number of carboxylic acids is 1. The predicted molar refractivity (Wildman–Crippen MR) is 92.1 cm³/mol. The van der Waals surface area contributed by atoms with Gasteiger partial charge in [0.05, 0.1) is 6.61 Å². The van der Waals surface area contributed by atoms with Gasteiger partial charge in [0.25, 0.3) is 0 Å².